The lowest BCUT2D eigenvalue weighted by molar-refractivity contribution is 0.809. The lowest BCUT2D eigenvalue weighted by atomic mass is 10.0. The van der Waals surface area contributed by atoms with Crippen LogP contribution in [0.3, 0.4) is 0 Å². The van der Waals surface area contributed by atoms with E-state index >= 15 is 0 Å². The summed E-state index contributed by atoms with van der Waals surface area (Å²) < 4.78 is 9.46. The van der Waals surface area contributed by atoms with Crippen LogP contribution in [-0.4, -0.2) is 24.1 Å². The zero-order chi connectivity index (χ0) is 36.7. The first-order chi connectivity index (χ1) is 27.8. The van der Waals surface area contributed by atoms with Gasteiger partial charge in [0, 0.05) is 64.2 Å². The molecule has 0 saturated heterocycles. The number of fused-ring (bicyclic) bond motifs is 10. The summed E-state index contributed by atoms with van der Waals surface area (Å²) in [5, 5.41) is 17.0. The monoisotopic (exact) mass is 733 g/mol. The van der Waals surface area contributed by atoms with Crippen molar-refractivity contribution in [3.63, 3.8) is 0 Å². The highest BCUT2D eigenvalue weighted by molar-refractivity contribution is 7.26. The summed E-state index contributed by atoms with van der Waals surface area (Å²) in [4.78, 5) is 0. The zero-order valence-corrected chi connectivity index (χ0v) is 30.9. The summed E-state index contributed by atoms with van der Waals surface area (Å²) in [6, 6.07) is 67.3. The molecule has 4 aromatic heterocycles. The molecule has 0 atom stereocenters. The molecule has 4 heterocycles. The highest BCUT2D eigenvalue weighted by atomic mass is 32.1. The van der Waals surface area contributed by atoms with Gasteiger partial charge < -0.3 is 9.13 Å². The number of rotatable bonds is 5. The van der Waals surface area contributed by atoms with Gasteiger partial charge in [-0.2, -0.15) is 0 Å². The van der Waals surface area contributed by atoms with E-state index in [1.54, 1.807) is 0 Å². The van der Waals surface area contributed by atoms with Crippen molar-refractivity contribution in [1.29, 1.82) is 0 Å². The first-order valence-electron chi connectivity index (χ1n) is 18.8. The number of hydrogen-bond donors (Lipinski definition) is 0. The fraction of sp³-hybridized carbons (Fsp3) is 0. The molecule has 0 N–H and O–H groups in total. The van der Waals surface area contributed by atoms with Gasteiger partial charge in [0.15, 0.2) is 0 Å². The van der Waals surface area contributed by atoms with Gasteiger partial charge in [-0.3, -0.25) is 0 Å². The topological polar surface area (TPSA) is 40.6 Å². The summed E-state index contributed by atoms with van der Waals surface area (Å²) in [5.41, 5.74) is 11.8. The molecular formula is C50H31N5S. The fourth-order valence-corrected chi connectivity index (χ4v) is 10.0. The summed E-state index contributed by atoms with van der Waals surface area (Å²) in [7, 11) is 0. The van der Waals surface area contributed by atoms with Crippen LogP contribution in [0.15, 0.2) is 188 Å². The Morgan fingerprint density at radius 2 is 1.00 bits per heavy atom. The molecule has 0 bridgehead atoms. The van der Waals surface area contributed by atoms with Crippen molar-refractivity contribution in [3.05, 3.63) is 188 Å². The molecule has 0 unspecified atom stereocenters. The lowest BCUT2D eigenvalue weighted by Gasteiger charge is -2.13. The molecule has 5 nitrogen and oxygen atoms in total. The molecule has 0 aliphatic rings. The highest BCUT2D eigenvalue weighted by Crippen LogP contribution is 2.44. The van der Waals surface area contributed by atoms with E-state index in [-0.39, 0.29) is 0 Å². The molecule has 0 aliphatic carbocycles. The predicted molar refractivity (Wildman–Crippen MR) is 234 cm³/mol. The second kappa shape index (κ2) is 12.1. The van der Waals surface area contributed by atoms with Crippen molar-refractivity contribution in [2.75, 3.05) is 0 Å². The van der Waals surface area contributed by atoms with Gasteiger partial charge in [0.25, 0.3) is 0 Å². The minimum Gasteiger partial charge on any atom is -0.309 e. The second-order valence-corrected chi connectivity index (χ2v) is 15.3. The lowest BCUT2D eigenvalue weighted by Crippen LogP contribution is -2.00. The van der Waals surface area contributed by atoms with E-state index in [1.807, 2.05) is 40.3 Å². The molecule has 12 aromatic rings. The van der Waals surface area contributed by atoms with E-state index in [0.717, 1.165) is 50.6 Å². The molecular weight excluding hydrogens is 703 g/mol. The van der Waals surface area contributed by atoms with Gasteiger partial charge in [0.2, 0.25) is 0 Å². The summed E-state index contributed by atoms with van der Waals surface area (Å²) in [6.07, 6.45) is 0. The molecule has 0 saturated carbocycles. The standard InChI is InChI=1S/C50H31N5S/c1-3-14-32(15-4-1)48-49(55(52-51-48)34-16-5-2-6-17-34)33-26-28-44-41(30-33)37-20-7-10-23-42(37)53(44)35-18-13-19-36(31-35)54-43-24-11-8-22-40(43)47-45(54)29-27-39-38-21-9-12-25-46(38)56-50(39)47/h1-31H. The van der Waals surface area contributed by atoms with Crippen molar-refractivity contribution in [3.8, 4) is 39.6 Å². The maximum Gasteiger partial charge on any atom is 0.121 e. The molecule has 0 spiro atoms. The van der Waals surface area contributed by atoms with Gasteiger partial charge in [0.05, 0.1) is 27.8 Å². The van der Waals surface area contributed by atoms with Crippen molar-refractivity contribution in [2.24, 2.45) is 0 Å². The van der Waals surface area contributed by atoms with Crippen LogP contribution in [0.1, 0.15) is 0 Å². The Kier molecular flexibility index (Phi) is 6.73. The number of benzene rings is 8. The molecule has 56 heavy (non-hydrogen) atoms. The number of aromatic nitrogens is 5. The summed E-state index contributed by atoms with van der Waals surface area (Å²) in [5.74, 6) is 0. The van der Waals surface area contributed by atoms with Crippen LogP contribution in [0.5, 0.6) is 0 Å². The molecule has 0 radical (unpaired) electrons. The summed E-state index contributed by atoms with van der Waals surface area (Å²) in [6.45, 7) is 0. The SMILES string of the molecule is c1ccc(-c2nnn(-c3ccccc3)c2-c2ccc3c(c2)c2ccccc2n3-c2cccc(-n3c4ccccc4c4c5sc6ccccc6c5ccc43)c2)cc1. The average Bonchev–Trinajstić information content (AvgIpc) is 4.03. The smallest absolute Gasteiger partial charge is 0.121 e. The van der Waals surface area contributed by atoms with E-state index in [9.17, 15) is 0 Å². The molecule has 0 aliphatic heterocycles. The fourth-order valence-electron chi connectivity index (χ4n) is 8.76. The summed E-state index contributed by atoms with van der Waals surface area (Å²) >= 11 is 1.89. The molecule has 0 fully saturated rings. The van der Waals surface area contributed by atoms with Crippen LogP contribution in [-0.2, 0) is 0 Å². The normalized spacial score (nSPS) is 11.9. The van der Waals surface area contributed by atoms with Crippen LogP contribution < -0.4 is 0 Å². The maximum absolute atomic E-state index is 4.75. The second-order valence-electron chi connectivity index (χ2n) is 14.3. The van der Waals surface area contributed by atoms with Crippen LogP contribution in [0.2, 0.25) is 0 Å². The Morgan fingerprint density at radius 1 is 0.393 bits per heavy atom. The van der Waals surface area contributed by atoms with Crippen LogP contribution in [0.4, 0.5) is 0 Å². The Bertz CT molecular complexity index is 3420. The minimum atomic E-state index is 0.851. The average molecular weight is 734 g/mol. The van der Waals surface area contributed by atoms with Crippen molar-refractivity contribution in [2.45, 2.75) is 0 Å². The molecule has 12 rings (SSSR count). The predicted octanol–water partition coefficient (Wildman–Crippen LogP) is 13.2. The number of hydrogen-bond acceptors (Lipinski definition) is 3. The van der Waals surface area contributed by atoms with E-state index < -0.39 is 0 Å². The van der Waals surface area contributed by atoms with E-state index in [2.05, 4.69) is 173 Å². The van der Waals surface area contributed by atoms with Crippen LogP contribution >= 0.6 is 11.3 Å². The van der Waals surface area contributed by atoms with Gasteiger partial charge in [-0.15, -0.1) is 16.4 Å². The third-order valence-corrected chi connectivity index (χ3v) is 12.4. The van der Waals surface area contributed by atoms with Gasteiger partial charge >= 0.3 is 0 Å². The number of nitrogens with zero attached hydrogens (tertiary/aromatic N) is 5. The van der Waals surface area contributed by atoms with E-state index in [1.165, 1.54) is 52.8 Å². The first kappa shape index (κ1) is 31.1. The molecule has 8 aromatic carbocycles. The Morgan fingerprint density at radius 3 is 1.80 bits per heavy atom. The molecule has 0 amide bonds. The van der Waals surface area contributed by atoms with Gasteiger partial charge in [-0.1, -0.05) is 127 Å². The quantitative estimate of drug-likeness (QED) is 0.177. The maximum atomic E-state index is 4.75. The van der Waals surface area contributed by atoms with Crippen LogP contribution in [0.25, 0.3) is 103 Å². The Labute approximate surface area is 325 Å². The Hall–Kier alpha value is -7.28. The third kappa shape index (κ3) is 4.54. The number of thiophene rings is 1. The zero-order valence-electron chi connectivity index (χ0n) is 30.0. The van der Waals surface area contributed by atoms with Crippen LogP contribution in [0, 0.1) is 0 Å². The Balaban J connectivity index is 1.07. The van der Waals surface area contributed by atoms with Crippen molar-refractivity contribution in [1.82, 2.24) is 24.1 Å². The van der Waals surface area contributed by atoms with Gasteiger partial charge in [-0.05, 0) is 66.7 Å². The number of para-hydroxylation sites is 3. The van der Waals surface area contributed by atoms with E-state index in [4.69, 9.17) is 10.3 Å². The minimum absolute atomic E-state index is 0.851. The van der Waals surface area contributed by atoms with Gasteiger partial charge in [0.1, 0.15) is 11.4 Å². The van der Waals surface area contributed by atoms with Crippen molar-refractivity contribution < 1.29 is 0 Å². The first-order valence-corrected chi connectivity index (χ1v) is 19.7. The molecule has 262 valence electrons. The largest absolute Gasteiger partial charge is 0.309 e. The molecule has 6 heteroatoms. The third-order valence-electron chi connectivity index (χ3n) is 11.2. The van der Waals surface area contributed by atoms with Crippen molar-refractivity contribution >= 4 is 75.1 Å². The van der Waals surface area contributed by atoms with E-state index in [0.29, 0.717) is 0 Å². The highest BCUT2D eigenvalue weighted by Gasteiger charge is 2.22. The van der Waals surface area contributed by atoms with Gasteiger partial charge in [-0.25, -0.2) is 4.68 Å².